The summed E-state index contributed by atoms with van der Waals surface area (Å²) < 4.78 is 10.9. The molecule has 0 atom stereocenters. The van der Waals surface area contributed by atoms with E-state index in [0.717, 1.165) is 11.1 Å². The van der Waals surface area contributed by atoms with E-state index in [0.29, 0.717) is 17.3 Å². The zero-order valence-corrected chi connectivity index (χ0v) is 11.6. The Labute approximate surface area is 121 Å². The van der Waals surface area contributed by atoms with Crippen LogP contribution in [0.2, 0.25) is 0 Å². The molecular weight excluding hydrogens is 270 g/mol. The van der Waals surface area contributed by atoms with Crippen molar-refractivity contribution in [2.75, 3.05) is 7.11 Å². The third kappa shape index (κ3) is 3.12. The molecule has 0 spiro atoms. The average molecular weight is 283 g/mol. The number of aryl methyl sites for hydroxylation is 1. The van der Waals surface area contributed by atoms with Crippen LogP contribution in [0.5, 0.6) is 5.75 Å². The minimum absolute atomic E-state index is 0.299. The van der Waals surface area contributed by atoms with Crippen molar-refractivity contribution in [1.29, 1.82) is 5.26 Å². The topological polar surface area (TPSA) is 83.5 Å². The van der Waals surface area contributed by atoms with Crippen LogP contribution in [-0.2, 0) is 4.79 Å². The number of hydrogen-bond acceptors (Lipinski definition) is 4. The summed E-state index contributed by atoms with van der Waals surface area (Å²) in [6.07, 6.45) is 1.19. The summed E-state index contributed by atoms with van der Waals surface area (Å²) in [5, 5.41) is 17.6. The van der Waals surface area contributed by atoms with E-state index in [4.69, 9.17) is 19.5 Å². The van der Waals surface area contributed by atoms with Gasteiger partial charge in [-0.1, -0.05) is 11.6 Å². The third-order valence-electron chi connectivity index (χ3n) is 2.88. The van der Waals surface area contributed by atoms with Gasteiger partial charge in [0.25, 0.3) is 0 Å². The molecule has 0 aliphatic heterocycles. The van der Waals surface area contributed by atoms with Gasteiger partial charge >= 0.3 is 5.97 Å². The number of aliphatic carboxylic acids is 1. The molecule has 2 aromatic rings. The molecule has 0 saturated heterocycles. The van der Waals surface area contributed by atoms with Gasteiger partial charge in [0, 0.05) is 6.08 Å². The van der Waals surface area contributed by atoms with Crippen molar-refractivity contribution in [2.45, 2.75) is 6.92 Å². The van der Waals surface area contributed by atoms with E-state index in [1.807, 2.05) is 25.1 Å². The molecule has 0 aliphatic rings. The van der Waals surface area contributed by atoms with Crippen LogP contribution >= 0.6 is 0 Å². The second-order valence-corrected chi connectivity index (χ2v) is 4.38. The van der Waals surface area contributed by atoms with Gasteiger partial charge in [-0.05, 0) is 31.2 Å². The fourth-order valence-corrected chi connectivity index (χ4v) is 1.87. The number of carbonyl (C=O) groups is 1. The molecule has 0 amide bonds. The normalized spacial score (nSPS) is 11.0. The predicted octanol–water partition coefficient (Wildman–Crippen LogP) is 3.26. The van der Waals surface area contributed by atoms with Crippen LogP contribution in [0.4, 0.5) is 0 Å². The SMILES string of the molecule is COc1ccc(C)cc1-c1ccc(/C=C(\C#N)C(=O)O)o1. The number of benzene rings is 1. The van der Waals surface area contributed by atoms with Crippen LogP contribution in [0.25, 0.3) is 17.4 Å². The Morgan fingerprint density at radius 1 is 1.38 bits per heavy atom. The molecule has 1 N–H and O–H groups in total. The minimum Gasteiger partial charge on any atom is -0.496 e. The number of nitrogens with zero attached hydrogens (tertiary/aromatic N) is 1. The fourth-order valence-electron chi connectivity index (χ4n) is 1.87. The van der Waals surface area contributed by atoms with Crippen LogP contribution in [0.3, 0.4) is 0 Å². The minimum atomic E-state index is -1.29. The van der Waals surface area contributed by atoms with Gasteiger partial charge in [-0.3, -0.25) is 0 Å². The van der Waals surface area contributed by atoms with E-state index >= 15 is 0 Å². The molecule has 2 rings (SSSR count). The molecule has 0 saturated carbocycles. The molecule has 0 fully saturated rings. The highest BCUT2D eigenvalue weighted by Gasteiger charge is 2.12. The van der Waals surface area contributed by atoms with E-state index in [1.165, 1.54) is 6.08 Å². The van der Waals surface area contributed by atoms with Gasteiger partial charge in [-0.2, -0.15) is 5.26 Å². The van der Waals surface area contributed by atoms with Crippen LogP contribution in [-0.4, -0.2) is 18.2 Å². The number of hydrogen-bond donors (Lipinski definition) is 1. The van der Waals surface area contributed by atoms with Gasteiger partial charge in [0.1, 0.15) is 28.9 Å². The zero-order valence-electron chi connectivity index (χ0n) is 11.6. The fraction of sp³-hybridized carbons (Fsp3) is 0.125. The molecular formula is C16H13NO4. The van der Waals surface area contributed by atoms with Gasteiger partial charge < -0.3 is 14.3 Å². The Morgan fingerprint density at radius 3 is 2.76 bits per heavy atom. The molecule has 21 heavy (non-hydrogen) atoms. The number of ether oxygens (including phenoxy) is 1. The first kappa shape index (κ1) is 14.4. The summed E-state index contributed by atoms with van der Waals surface area (Å²) >= 11 is 0. The maximum atomic E-state index is 10.8. The Bertz CT molecular complexity index is 750. The molecule has 0 radical (unpaired) electrons. The largest absolute Gasteiger partial charge is 0.496 e. The van der Waals surface area contributed by atoms with Gasteiger partial charge in [0.15, 0.2) is 0 Å². The lowest BCUT2D eigenvalue weighted by Crippen LogP contribution is -1.96. The lowest BCUT2D eigenvalue weighted by atomic mass is 10.1. The van der Waals surface area contributed by atoms with E-state index in [-0.39, 0.29) is 5.57 Å². The number of nitriles is 1. The van der Waals surface area contributed by atoms with E-state index in [1.54, 1.807) is 25.3 Å². The van der Waals surface area contributed by atoms with Gasteiger partial charge in [0.05, 0.1) is 12.7 Å². The number of rotatable bonds is 4. The summed E-state index contributed by atoms with van der Waals surface area (Å²) in [5.41, 5.74) is 1.43. The van der Waals surface area contributed by atoms with Gasteiger partial charge in [-0.15, -0.1) is 0 Å². The Kier molecular flexibility index (Phi) is 4.10. The van der Waals surface area contributed by atoms with Gasteiger partial charge in [-0.25, -0.2) is 4.79 Å². The maximum Gasteiger partial charge on any atom is 0.346 e. The number of carboxylic acid groups (broad SMARTS) is 1. The smallest absolute Gasteiger partial charge is 0.346 e. The van der Waals surface area contributed by atoms with Crippen molar-refractivity contribution >= 4 is 12.0 Å². The lowest BCUT2D eigenvalue weighted by Gasteiger charge is -2.06. The monoisotopic (exact) mass is 283 g/mol. The van der Waals surface area contributed by atoms with E-state index in [2.05, 4.69) is 0 Å². The summed E-state index contributed by atoms with van der Waals surface area (Å²) in [6.45, 7) is 1.95. The molecule has 106 valence electrons. The molecule has 5 heteroatoms. The second-order valence-electron chi connectivity index (χ2n) is 4.38. The first-order valence-electron chi connectivity index (χ1n) is 6.15. The van der Waals surface area contributed by atoms with E-state index < -0.39 is 5.97 Å². The Hall–Kier alpha value is -3.00. The molecule has 0 bridgehead atoms. The predicted molar refractivity (Wildman–Crippen MR) is 76.7 cm³/mol. The molecule has 5 nitrogen and oxygen atoms in total. The zero-order chi connectivity index (χ0) is 15.4. The highest BCUT2D eigenvalue weighted by atomic mass is 16.5. The standard InChI is InChI=1S/C16H13NO4/c1-10-3-5-14(20-2)13(7-10)15-6-4-12(21-15)8-11(9-17)16(18)19/h3-8H,1-2H3,(H,18,19)/b11-8+. The molecule has 1 heterocycles. The molecule has 1 aromatic carbocycles. The van der Waals surface area contributed by atoms with Crippen LogP contribution in [0.15, 0.2) is 40.3 Å². The highest BCUT2D eigenvalue weighted by molar-refractivity contribution is 5.96. The van der Waals surface area contributed by atoms with Crippen molar-refractivity contribution in [3.63, 3.8) is 0 Å². The highest BCUT2D eigenvalue weighted by Crippen LogP contribution is 2.32. The summed E-state index contributed by atoms with van der Waals surface area (Å²) in [7, 11) is 1.57. The molecule has 0 unspecified atom stereocenters. The second kappa shape index (κ2) is 5.97. The number of carboxylic acids is 1. The quantitative estimate of drug-likeness (QED) is 0.687. The molecule has 1 aromatic heterocycles. The summed E-state index contributed by atoms with van der Waals surface area (Å²) in [5.74, 6) is 0.213. The van der Waals surface area contributed by atoms with Gasteiger partial charge in [0.2, 0.25) is 0 Å². The third-order valence-corrected chi connectivity index (χ3v) is 2.88. The maximum absolute atomic E-state index is 10.8. The van der Waals surface area contributed by atoms with Crippen molar-refractivity contribution in [3.8, 4) is 23.1 Å². The summed E-state index contributed by atoms with van der Waals surface area (Å²) in [6, 6.07) is 10.6. The van der Waals surface area contributed by atoms with Crippen LogP contribution < -0.4 is 4.74 Å². The van der Waals surface area contributed by atoms with Crippen molar-refractivity contribution < 1.29 is 19.1 Å². The van der Waals surface area contributed by atoms with Crippen molar-refractivity contribution in [2.24, 2.45) is 0 Å². The van der Waals surface area contributed by atoms with Crippen molar-refractivity contribution in [1.82, 2.24) is 0 Å². The van der Waals surface area contributed by atoms with Crippen LogP contribution in [0, 0.1) is 18.3 Å². The first-order chi connectivity index (χ1) is 10.0. The average Bonchev–Trinajstić information content (AvgIpc) is 2.92. The number of furan rings is 1. The van der Waals surface area contributed by atoms with E-state index in [9.17, 15) is 4.79 Å². The molecule has 0 aliphatic carbocycles. The Balaban J connectivity index is 2.44. The van der Waals surface area contributed by atoms with Crippen molar-refractivity contribution in [3.05, 3.63) is 47.2 Å². The lowest BCUT2D eigenvalue weighted by molar-refractivity contribution is -0.132. The first-order valence-corrected chi connectivity index (χ1v) is 6.15. The van der Waals surface area contributed by atoms with Crippen LogP contribution in [0.1, 0.15) is 11.3 Å². The Morgan fingerprint density at radius 2 is 2.14 bits per heavy atom. The number of methoxy groups -OCH3 is 1. The summed E-state index contributed by atoms with van der Waals surface area (Å²) in [4.78, 5) is 10.8.